The summed E-state index contributed by atoms with van der Waals surface area (Å²) < 4.78 is 18.4. The van der Waals surface area contributed by atoms with Crippen molar-refractivity contribution < 1.29 is 19.2 Å². The van der Waals surface area contributed by atoms with Crippen molar-refractivity contribution in [3.8, 4) is 0 Å². The molecule has 2 N–H and O–H groups in total. The quantitative estimate of drug-likeness (QED) is 0.634. The second-order valence-electron chi connectivity index (χ2n) is 3.39. The molecule has 0 bridgehead atoms. The van der Waals surface area contributed by atoms with Gasteiger partial charge in [-0.05, 0) is 17.1 Å². The molecule has 0 aliphatic carbocycles. The molecule has 1 aromatic carbocycles. The second-order valence-corrected chi connectivity index (χ2v) is 3.39. The molecule has 74 valence electrons. The van der Waals surface area contributed by atoms with Crippen LogP contribution in [0.5, 0.6) is 0 Å². The van der Waals surface area contributed by atoms with Crippen molar-refractivity contribution in [2.75, 3.05) is 13.2 Å². The van der Waals surface area contributed by atoms with E-state index in [1.807, 2.05) is 0 Å². The van der Waals surface area contributed by atoms with Crippen molar-refractivity contribution in [2.45, 2.75) is 5.92 Å². The molecule has 2 rings (SSSR count). The Labute approximate surface area is 81.3 Å². The van der Waals surface area contributed by atoms with E-state index in [0.717, 1.165) is 6.07 Å². The summed E-state index contributed by atoms with van der Waals surface area (Å²) >= 11 is 0. The minimum absolute atomic E-state index is 0.111. The average Bonchev–Trinajstić information content (AvgIpc) is 2.04. The predicted octanol–water partition coefficient (Wildman–Crippen LogP) is -0.381. The molecule has 14 heavy (non-hydrogen) atoms. The molecule has 1 aliphatic rings. The number of benzene rings is 1. The van der Waals surface area contributed by atoms with E-state index < -0.39 is 12.9 Å². The van der Waals surface area contributed by atoms with Crippen LogP contribution in [0.4, 0.5) is 4.39 Å². The maximum Gasteiger partial charge on any atom is 0.488 e. The van der Waals surface area contributed by atoms with Crippen molar-refractivity contribution in [3.05, 3.63) is 29.6 Å². The van der Waals surface area contributed by atoms with Gasteiger partial charge in [0, 0.05) is 5.92 Å². The molecule has 1 aromatic rings. The van der Waals surface area contributed by atoms with Crippen LogP contribution in [0.3, 0.4) is 0 Å². The van der Waals surface area contributed by atoms with Gasteiger partial charge in [0.25, 0.3) is 0 Å². The molecule has 1 aliphatic heterocycles. The molecule has 0 saturated carbocycles. The molecule has 0 spiro atoms. The Kier molecular flexibility index (Phi) is 2.54. The fourth-order valence-electron chi connectivity index (χ4n) is 1.45. The van der Waals surface area contributed by atoms with Crippen LogP contribution in [-0.4, -0.2) is 30.4 Å². The first-order chi connectivity index (χ1) is 6.68. The average molecular weight is 196 g/mol. The molecular weight excluding hydrogens is 186 g/mol. The van der Waals surface area contributed by atoms with E-state index in [1.54, 1.807) is 6.07 Å². The first kappa shape index (κ1) is 9.64. The lowest BCUT2D eigenvalue weighted by molar-refractivity contribution is 0.00704. The third-order valence-electron chi connectivity index (χ3n) is 2.40. The second kappa shape index (κ2) is 3.69. The van der Waals surface area contributed by atoms with E-state index in [9.17, 15) is 4.39 Å². The molecule has 1 fully saturated rings. The van der Waals surface area contributed by atoms with Crippen LogP contribution in [0.25, 0.3) is 0 Å². The van der Waals surface area contributed by atoms with Gasteiger partial charge in [-0.2, -0.15) is 0 Å². The fraction of sp³-hybridized carbons (Fsp3) is 0.333. The summed E-state index contributed by atoms with van der Waals surface area (Å²) in [5, 5.41) is 17.6. The van der Waals surface area contributed by atoms with Gasteiger partial charge >= 0.3 is 7.12 Å². The summed E-state index contributed by atoms with van der Waals surface area (Å²) in [6.07, 6.45) is 0. The maximum atomic E-state index is 13.4. The highest BCUT2D eigenvalue weighted by molar-refractivity contribution is 6.58. The van der Waals surface area contributed by atoms with Crippen molar-refractivity contribution in [2.24, 2.45) is 0 Å². The first-order valence-electron chi connectivity index (χ1n) is 4.41. The Morgan fingerprint density at radius 1 is 1.36 bits per heavy atom. The van der Waals surface area contributed by atoms with Gasteiger partial charge in [0.1, 0.15) is 5.82 Å². The molecule has 0 aromatic heterocycles. The van der Waals surface area contributed by atoms with Crippen LogP contribution >= 0.6 is 0 Å². The van der Waals surface area contributed by atoms with Crippen LogP contribution in [0.2, 0.25) is 0 Å². The molecule has 0 atom stereocenters. The number of rotatable bonds is 2. The summed E-state index contributed by atoms with van der Waals surface area (Å²) in [6, 6.07) is 4.25. The highest BCUT2D eigenvalue weighted by Gasteiger charge is 2.24. The zero-order valence-electron chi connectivity index (χ0n) is 7.48. The van der Waals surface area contributed by atoms with Crippen LogP contribution < -0.4 is 5.46 Å². The lowest BCUT2D eigenvalue weighted by Gasteiger charge is -2.26. The first-order valence-corrected chi connectivity index (χ1v) is 4.41. The smallest absolute Gasteiger partial charge is 0.423 e. The van der Waals surface area contributed by atoms with Gasteiger partial charge < -0.3 is 14.8 Å². The van der Waals surface area contributed by atoms with E-state index in [4.69, 9.17) is 14.8 Å². The fourth-order valence-corrected chi connectivity index (χ4v) is 1.45. The normalized spacial score (nSPS) is 16.5. The Balaban J connectivity index is 2.26. The molecular formula is C9H10BFO3. The van der Waals surface area contributed by atoms with Gasteiger partial charge in [-0.25, -0.2) is 4.39 Å². The van der Waals surface area contributed by atoms with Gasteiger partial charge in [0.2, 0.25) is 0 Å². The molecule has 0 radical (unpaired) electrons. The van der Waals surface area contributed by atoms with Gasteiger partial charge in [0.15, 0.2) is 0 Å². The largest absolute Gasteiger partial charge is 0.488 e. The summed E-state index contributed by atoms with van der Waals surface area (Å²) in [7, 11) is -1.61. The highest BCUT2D eigenvalue weighted by Crippen LogP contribution is 2.25. The van der Waals surface area contributed by atoms with Crippen LogP contribution in [0.15, 0.2) is 18.2 Å². The van der Waals surface area contributed by atoms with E-state index in [0.29, 0.717) is 18.8 Å². The van der Waals surface area contributed by atoms with E-state index in [-0.39, 0.29) is 11.4 Å². The Hall–Kier alpha value is -0.905. The van der Waals surface area contributed by atoms with Crippen molar-refractivity contribution in [1.82, 2.24) is 0 Å². The number of halogens is 1. The summed E-state index contributed by atoms with van der Waals surface area (Å²) in [5.74, 6) is -0.288. The molecule has 0 amide bonds. The SMILES string of the molecule is OB(O)c1ccc(C2COC2)c(F)c1. The van der Waals surface area contributed by atoms with Crippen molar-refractivity contribution in [3.63, 3.8) is 0 Å². The number of ether oxygens (including phenoxy) is 1. The zero-order chi connectivity index (χ0) is 10.1. The third kappa shape index (κ3) is 1.66. The number of hydrogen-bond donors (Lipinski definition) is 2. The standard InChI is InChI=1S/C9H10BFO3/c11-9-3-7(10(12)13)1-2-8(9)6-4-14-5-6/h1-3,6,12-13H,4-5H2. The predicted molar refractivity (Wildman–Crippen MR) is 49.8 cm³/mol. The zero-order valence-corrected chi connectivity index (χ0v) is 7.48. The van der Waals surface area contributed by atoms with E-state index in [1.165, 1.54) is 6.07 Å². The molecule has 1 heterocycles. The monoisotopic (exact) mass is 196 g/mol. The Bertz CT molecular complexity index is 339. The van der Waals surface area contributed by atoms with Crippen LogP contribution in [0, 0.1) is 5.82 Å². The van der Waals surface area contributed by atoms with E-state index >= 15 is 0 Å². The van der Waals surface area contributed by atoms with Gasteiger partial charge in [0.05, 0.1) is 13.2 Å². The minimum Gasteiger partial charge on any atom is -0.423 e. The maximum absolute atomic E-state index is 13.4. The Morgan fingerprint density at radius 3 is 2.50 bits per heavy atom. The summed E-state index contributed by atoms with van der Waals surface area (Å²) in [6.45, 7) is 1.08. The lowest BCUT2D eigenvalue weighted by atomic mass is 9.79. The van der Waals surface area contributed by atoms with Gasteiger partial charge in [-0.3, -0.25) is 0 Å². The van der Waals surface area contributed by atoms with E-state index in [2.05, 4.69) is 0 Å². The summed E-state index contributed by atoms with van der Waals surface area (Å²) in [5.41, 5.74) is 0.757. The number of hydrogen-bond acceptors (Lipinski definition) is 3. The van der Waals surface area contributed by atoms with Crippen molar-refractivity contribution >= 4 is 12.6 Å². The topological polar surface area (TPSA) is 49.7 Å². The summed E-state index contributed by atoms with van der Waals surface area (Å²) in [4.78, 5) is 0. The molecule has 3 nitrogen and oxygen atoms in total. The highest BCUT2D eigenvalue weighted by atomic mass is 19.1. The molecule has 1 saturated heterocycles. The lowest BCUT2D eigenvalue weighted by Crippen LogP contribution is -2.32. The van der Waals surface area contributed by atoms with Gasteiger partial charge in [-0.15, -0.1) is 0 Å². The molecule has 5 heteroatoms. The van der Waals surface area contributed by atoms with Crippen LogP contribution in [0.1, 0.15) is 11.5 Å². The van der Waals surface area contributed by atoms with Gasteiger partial charge in [-0.1, -0.05) is 12.1 Å². The molecule has 0 unspecified atom stereocenters. The van der Waals surface area contributed by atoms with Crippen LogP contribution in [-0.2, 0) is 4.74 Å². The minimum atomic E-state index is -1.61. The Morgan fingerprint density at radius 2 is 2.07 bits per heavy atom. The third-order valence-corrected chi connectivity index (χ3v) is 2.40. The van der Waals surface area contributed by atoms with Crippen molar-refractivity contribution in [1.29, 1.82) is 0 Å².